The van der Waals surface area contributed by atoms with Crippen molar-refractivity contribution in [3.8, 4) is 28.1 Å². The molecule has 0 fully saturated rings. The average Bonchev–Trinajstić information content (AvgIpc) is 2.71. The molecule has 0 radical (unpaired) electrons. The van der Waals surface area contributed by atoms with E-state index < -0.39 is 17.5 Å². The Morgan fingerprint density at radius 1 is 1.07 bits per heavy atom. The molecule has 8 heteroatoms. The van der Waals surface area contributed by atoms with Gasteiger partial charge in [0.15, 0.2) is 0 Å². The van der Waals surface area contributed by atoms with Crippen molar-refractivity contribution in [3.05, 3.63) is 66.1 Å². The van der Waals surface area contributed by atoms with Crippen LogP contribution in [-0.2, 0) is 0 Å². The zero-order valence-electron chi connectivity index (χ0n) is 15.4. The van der Waals surface area contributed by atoms with Gasteiger partial charge in [0, 0.05) is 30.1 Å². The lowest BCUT2D eigenvalue weighted by molar-refractivity contribution is 0.0995. The molecule has 0 spiro atoms. The lowest BCUT2D eigenvalue weighted by Crippen LogP contribution is -2.14. The number of halogens is 2. The highest BCUT2D eigenvalue weighted by Crippen LogP contribution is 2.37. The highest BCUT2D eigenvalue weighted by atomic mass is 19.1. The van der Waals surface area contributed by atoms with E-state index >= 15 is 0 Å². The lowest BCUT2D eigenvalue weighted by atomic mass is 9.98. The van der Waals surface area contributed by atoms with Gasteiger partial charge >= 0.3 is 0 Å². The van der Waals surface area contributed by atoms with Gasteiger partial charge in [-0.25, -0.2) is 13.8 Å². The highest BCUT2D eigenvalue weighted by molar-refractivity contribution is 5.93. The first-order valence-corrected chi connectivity index (χ1v) is 8.96. The molecule has 0 atom stereocenters. The van der Waals surface area contributed by atoms with E-state index in [4.69, 9.17) is 15.6 Å². The number of pyridine rings is 2. The number of rotatable bonds is 8. The average molecular weight is 399 g/mol. The SMILES string of the molecule is NC(=O)c1ccc(-c2cnccc2OCCCCO)c(-c2c(F)cccc2F)n1. The van der Waals surface area contributed by atoms with Crippen LogP contribution < -0.4 is 10.5 Å². The molecule has 0 bridgehead atoms. The number of aliphatic hydroxyl groups is 1. The molecule has 3 aromatic rings. The third-order valence-electron chi connectivity index (χ3n) is 4.23. The monoisotopic (exact) mass is 399 g/mol. The van der Waals surface area contributed by atoms with Crippen molar-refractivity contribution >= 4 is 5.91 Å². The third kappa shape index (κ3) is 4.55. The maximum Gasteiger partial charge on any atom is 0.267 e. The van der Waals surface area contributed by atoms with Crippen LogP contribution in [0.5, 0.6) is 5.75 Å². The number of aliphatic hydroxyl groups excluding tert-OH is 1. The summed E-state index contributed by atoms with van der Waals surface area (Å²) in [6.07, 6.45) is 4.23. The molecule has 0 aliphatic rings. The zero-order chi connectivity index (χ0) is 20.8. The normalized spacial score (nSPS) is 10.7. The number of nitrogens with two attached hydrogens (primary N) is 1. The van der Waals surface area contributed by atoms with Crippen LogP contribution in [-0.4, -0.2) is 34.2 Å². The highest BCUT2D eigenvalue weighted by Gasteiger charge is 2.21. The van der Waals surface area contributed by atoms with Crippen molar-refractivity contribution in [2.24, 2.45) is 5.73 Å². The third-order valence-corrected chi connectivity index (χ3v) is 4.23. The standard InChI is InChI=1S/C21H19F2N3O3/c22-15-4-3-5-16(23)19(15)20-13(6-7-17(26-20)21(24)28)14-12-25-9-8-18(14)29-11-2-1-10-27/h3-9,12,27H,1-2,10-11H2,(H2,24,28). The molecule has 2 aromatic heterocycles. The minimum Gasteiger partial charge on any atom is -0.493 e. The number of nitrogens with zero attached hydrogens (tertiary/aromatic N) is 2. The van der Waals surface area contributed by atoms with Gasteiger partial charge in [0.2, 0.25) is 0 Å². The number of aromatic nitrogens is 2. The Labute approximate surface area is 166 Å². The van der Waals surface area contributed by atoms with Crippen molar-refractivity contribution in [2.75, 3.05) is 13.2 Å². The minimum absolute atomic E-state index is 0.0573. The molecule has 150 valence electrons. The van der Waals surface area contributed by atoms with Gasteiger partial charge in [-0.15, -0.1) is 0 Å². The summed E-state index contributed by atoms with van der Waals surface area (Å²) in [6.45, 7) is 0.398. The van der Waals surface area contributed by atoms with Gasteiger partial charge in [-0.1, -0.05) is 6.07 Å². The molecule has 0 saturated heterocycles. The van der Waals surface area contributed by atoms with Crippen LogP contribution >= 0.6 is 0 Å². The largest absolute Gasteiger partial charge is 0.493 e. The Morgan fingerprint density at radius 2 is 1.83 bits per heavy atom. The summed E-state index contributed by atoms with van der Waals surface area (Å²) in [4.78, 5) is 19.8. The van der Waals surface area contributed by atoms with Crippen LogP contribution in [0.4, 0.5) is 8.78 Å². The lowest BCUT2D eigenvalue weighted by Gasteiger charge is -2.15. The minimum atomic E-state index is -0.824. The first kappa shape index (κ1) is 20.3. The fourth-order valence-corrected chi connectivity index (χ4v) is 2.83. The Hall–Kier alpha value is -3.39. The maximum atomic E-state index is 14.5. The molecule has 1 amide bonds. The van der Waals surface area contributed by atoms with Crippen LogP contribution in [0.25, 0.3) is 22.4 Å². The number of carbonyl (C=O) groups excluding carboxylic acids is 1. The van der Waals surface area contributed by atoms with E-state index in [1.165, 1.54) is 30.6 Å². The van der Waals surface area contributed by atoms with E-state index in [9.17, 15) is 13.6 Å². The molecule has 6 nitrogen and oxygen atoms in total. The number of benzene rings is 1. The number of carbonyl (C=O) groups is 1. The second-order valence-corrected chi connectivity index (χ2v) is 6.20. The number of amides is 1. The fraction of sp³-hybridized carbons (Fsp3) is 0.190. The molecule has 2 heterocycles. The molecular weight excluding hydrogens is 380 g/mol. The van der Waals surface area contributed by atoms with Gasteiger partial charge in [0.05, 0.1) is 17.9 Å². The molecule has 0 saturated carbocycles. The van der Waals surface area contributed by atoms with Crippen LogP contribution in [0.2, 0.25) is 0 Å². The first-order chi connectivity index (χ1) is 14.0. The van der Waals surface area contributed by atoms with E-state index in [0.29, 0.717) is 36.3 Å². The Balaban J connectivity index is 2.15. The second kappa shape index (κ2) is 9.20. The summed E-state index contributed by atoms with van der Waals surface area (Å²) in [7, 11) is 0. The molecule has 0 aliphatic heterocycles. The number of hydrogen-bond acceptors (Lipinski definition) is 5. The van der Waals surface area contributed by atoms with Crippen LogP contribution in [0, 0.1) is 11.6 Å². The van der Waals surface area contributed by atoms with Gasteiger partial charge in [-0.3, -0.25) is 9.78 Å². The van der Waals surface area contributed by atoms with Crippen LogP contribution in [0.3, 0.4) is 0 Å². The van der Waals surface area contributed by atoms with E-state index in [1.807, 2.05) is 0 Å². The predicted molar refractivity (Wildman–Crippen MR) is 103 cm³/mol. The summed E-state index contributed by atoms with van der Waals surface area (Å²) in [5.74, 6) is -2.03. The van der Waals surface area contributed by atoms with Crippen molar-refractivity contribution in [1.29, 1.82) is 0 Å². The Bertz CT molecular complexity index is 1010. The van der Waals surface area contributed by atoms with Crippen LogP contribution in [0.15, 0.2) is 48.8 Å². The summed E-state index contributed by atoms with van der Waals surface area (Å²) in [6, 6.07) is 7.96. The molecule has 1 aromatic carbocycles. The predicted octanol–water partition coefficient (Wildman–Crippen LogP) is 3.34. The van der Waals surface area contributed by atoms with E-state index in [1.54, 1.807) is 6.07 Å². The van der Waals surface area contributed by atoms with Gasteiger partial charge in [0.1, 0.15) is 23.1 Å². The smallest absolute Gasteiger partial charge is 0.267 e. The quantitative estimate of drug-likeness (QED) is 0.566. The van der Waals surface area contributed by atoms with Crippen LogP contribution in [0.1, 0.15) is 23.3 Å². The number of unbranched alkanes of at least 4 members (excludes halogenated alkanes) is 1. The topological polar surface area (TPSA) is 98.3 Å². The van der Waals surface area contributed by atoms with Crippen molar-refractivity contribution in [2.45, 2.75) is 12.8 Å². The molecule has 29 heavy (non-hydrogen) atoms. The fourth-order valence-electron chi connectivity index (χ4n) is 2.83. The van der Waals surface area contributed by atoms with Gasteiger partial charge in [-0.2, -0.15) is 0 Å². The van der Waals surface area contributed by atoms with E-state index in [0.717, 1.165) is 12.1 Å². The van der Waals surface area contributed by atoms with Crippen molar-refractivity contribution in [1.82, 2.24) is 9.97 Å². The number of ether oxygens (including phenoxy) is 1. The van der Waals surface area contributed by atoms with Gasteiger partial charge in [0.25, 0.3) is 5.91 Å². The molecular formula is C21H19F2N3O3. The molecule has 3 rings (SSSR count). The first-order valence-electron chi connectivity index (χ1n) is 8.96. The summed E-state index contributed by atoms with van der Waals surface area (Å²) < 4.78 is 34.7. The van der Waals surface area contributed by atoms with Gasteiger partial charge in [-0.05, 0) is 43.2 Å². The van der Waals surface area contributed by atoms with Crippen molar-refractivity contribution < 1.29 is 23.4 Å². The van der Waals surface area contributed by atoms with Gasteiger partial charge < -0.3 is 15.6 Å². The summed E-state index contributed by atoms with van der Waals surface area (Å²) in [5.41, 5.74) is 5.52. The molecule has 0 aliphatic carbocycles. The number of primary amides is 1. The molecule has 3 N–H and O–H groups in total. The van der Waals surface area contributed by atoms with E-state index in [-0.39, 0.29) is 23.6 Å². The summed E-state index contributed by atoms with van der Waals surface area (Å²) in [5, 5.41) is 8.90. The number of hydrogen-bond donors (Lipinski definition) is 2. The second-order valence-electron chi connectivity index (χ2n) is 6.20. The Morgan fingerprint density at radius 3 is 2.52 bits per heavy atom. The zero-order valence-corrected chi connectivity index (χ0v) is 15.4. The summed E-state index contributed by atoms with van der Waals surface area (Å²) >= 11 is 0. The maximum absolute atomic E-state index is 14.5. The molecule has 0 unspecified atom stereocenters. The van der Waals surface area contributed by atoms with E-state index in [2.05, 4.69) is 9.97 Å². The Kier molecular flexibility index (Phi) is 6.46. The van der Waals surface area contributed by atoms with Crippen molar-refractivity contribution in [3.63, 3.8) is 0 Å².